The van der Waals surface area contributed by atoms with E-state index in [1.807, 2.05) is 23.6 Å². The largest absolute Gasteiger partial charge is 0.493 e. The van der Waals surface area contributed by atoms with E-state index < -0.39 is 0 Å². The van der Waals surface area contributed by atoms with E-state index in [0.29, 0.717) is 31.2 Å². The molecule has 9 heteroatoms. The lowest BCUT2D eigenvalue weighted by Gasteiger charge is -2.31. The van der Waals surface area contributed by atoms with Gasteiger partial charge in [-0.3, -0.25) is 4.79 Å². The van der Waals surface area contributed by atoms with Gasteiger partial charge < -0.3 is 24.4 Å². The van der Waals surface area contributed by atoms with Crippen molar-refractivity contribution in [2.24, 2.45) is 0 Å². The number of carbonyl (C=O) groups excluding carboxylic acids is 2. The van der Waals surface area contributed by atoms with Gasteiger partial charge in [0.15, 0.2) is 11.5 Å². The summed E-state index contributed by atoms with van der Waals surface area (Å²) in [7, 11) is 3.19. The Kier molecular flexibility index (Phi) is 7.51. The number of nitrogens with zero attached hydrogens (tertiary/aromatic N) is 2. The van der Waals surface area contributed by atoms with Crippen LogP contribution in [-0.4, -0.2) is 61.8 Å². The highest BCUT2D eigenvalue weighted by Crippen LogP contribution is 2.33. The van der Waals surface area contributed by atoms with Crippen LogP contribution >= 0.6 is 11.3 Å². The van der Waals surface area contributed by atoms with Crippen molar-refractivity contribution in [3.05, 3.63) is 29.3 Å². The number of thiazole rings is 1. The fourth-order valence-electron chi connectivity index (χ4n) is 3.35. The standard InChI is InChI=1S/C21H27N3O5S/c1-4-29-21(26)24-9-7-15(8-10-24)22-19(25)12-16-13-30-20(23-16)14-5-6-17(27-2)18(11-14)28-3/h5-6,11,13,15H,4,7-10,12H2,1-3H3,(H,22,25). The van der Waals surface area contributed by atoms with E-state index >= 15 is 0 Å². The number of amides is 2. The summed E-state index contributed by atoms with van der Waals surface area (Å²) in [6.45, 7) is 3.34. The quantitative estimate of drug-likeness (QED) is 0.722. The Hall–Kier alpha value is -2.81. The third-order valence-corrected chi connectivity index (χ3v) is 5.85. The molecule has 30 heavy (non-hydrogen) atoms. The first-order valence-electron chi connectivity index (χ1n) is 9.91. The number of nitrogens with one attached hydrogen (secondary N) is 1. The molecule has 1 aliphatic heterocycles. The highest BCUT2D eigenvalue weighted by molar-refractivity contribution is 7.13. The molecule has 0 radical (unpaired) electrons. The Morgan fingerprint density at radius 3 is 2.60 bits per heavy atom. The van der Waals surface area contributed by atoms with Gasteiger partial charge in [0.2, 0.25) is 5.91 Å². The zero-order chi connectivity index (χ0) is 21.5. The summed E-state index contributed by atoms with van der Waals surface area (Å²) in [5.74, 6) is 1.24. The predicted molar refractivity (Wildman–Crippen MR) is 114 cm³/mol. The smallest absolute Gasteiger partial charge is 0.409 e. The monoisotopic (exact) mass is 433 g/mol. The summed E-state index contributed by atoms with van der Waals surface area (Å²) in [5.41, 5.74) is 1.64. The topological polar surface area (TPSA) is 90.0 Å². The molecule has 0 saturated carbocycles. The Morgan fingerprint density at radius 2 is 1.93 bits per heavy atom. The zero-order valence-corrected chi connectivity index (χ0v) is 18.3. The summed E-state index contributed by atoms with van der Waals surface area (Å²) in [4.78, 5) is 30.5. The van der Waals surface area contributed by atoms with Gasteiger partial charge in [-0.2, -0.15) is 0 Å². The number of piperidine rings is 1. The number of methoxy groups -OCH3 is 2. The minimum absolute atomic E-state index is 0.0613. The van der Waals surface area contributed by atoms with Crippen molar-refractivity contribution < 1.29 is 23.8 Å². The SMILES string of the molecule is CCOC(=O)N1CCC(NC(=O)Cc2csc(-c3ccc(OC)c(OC)c3)n2)CC1. The lowest BCUT2D eigenvalue weighted by Crippen LogP contribution is -2.47. The molecular formula is C21H27N3O5S. The van der Waals surface area contributed by atoms with Gasteiger partial charge in [0.1, 0.15) is 5.01 Å². The Morgan fingerprint density at radius 1 is 1.20 bits per heavy atom. The molecule has 0 bridgehead atoms. The number of benzene rings is 1. The van der Waals surface area contributed by atoms with E-state index in [9.17, 15) is 9.59 Å². The van der Waals surface area contributed by atoms with Crippen molar-refractivity contribution >= 4 is 23.3 Å². The second-order valence-corrected chi connectivity index (χ2v) is 7.78. The van der Waals surface area contributed by atoms with E-state index in [2.05, 4.69) is 10.3 Å². The number of carbonyl (C=O) groups is 2. The molecule has 0 atom stereocenters. The van der Waals surface area contributed by atoms with Gasteiger partial charge in [0.25, 0.3) is 0 Å². The fraction of sp³-hybridized carbons (Fsp3) is 0.476. The molecule has 162 valence electrons. The van der Waals surface area contributed by atoms with Crippen molar-refractivity contribution in [1.29, 1.82) is 0 Å². The van der Waals surface area contributed by atoms with E-state index in [-0.39, 0.29) is 24.5 Å². The summed E-state index contributed by atoms with van der Waals surface area (Å²) >= 11 is 1.49. The first-order valence-corrected chi connectivity index (χ1v) is 10.8. The average Bonchev–Trinajstić information content (AvgIpc) is 3.22. The second-order valence-electron chi connectivity index (χ2n) is 6.92. The van der Waals surface area contributed by atoms with Crippen LogP contribution in [0.5, 0.6) is 11.5 Å². The molecule has 0 unspecified atom stereocenters. The van der Waals surface area contributed by atoms with Gasteiger partial charge in [-0.25, -0.2) is 9.78 Å². The zero-order valence-electron chi connectivity index (χ0n) is 17.5. The first-order chi connectivity index (χ1) is 14.5. The van der Waals surface area contributed by atoms with Crippen LogP contribution < -0.4 is 14.8 Å². The maximum Gasteiger partial charge on any atom is 0.409 e. The van der Waals surface area contributed by atoms with Crippen LogP contribution in [0.3, 0.4) is 0 Å². The molecule has 2 amide bonds. The minimum Gasteiger partial charge on any atom is -0.493 e. The Balaban J connectivity index is 1.53. The van der Waals surface area contributed by atoms with Gasteiger partial charge >= 0.3 is 6.09 Å². The van der Waals surface area contributed by atoms with Crippen LogP contribution in [0.2, 0.25) is 0 Å². The molecule has 1 aromatic heterocycles. The molecule has 0 spiro atoms. The maximum absolute atomic E-state index is 12.4. The van der Waals surface area contributed by atoms with Crippen LogP contribution in [0.25, 0.3) is 10.6 Å². The highest BCUT2D eigenvalue weighted by atomic mass is 32.1. The normalized spacial score (nSPS) is 14.3. The molecule has 1 aromatic carbocycles. The Labute approximate surface area is 180 Å². The fourth-order valence-corrected chi connectivity index (χ4v) is 4.17. The summed E-state index contributed by atoms with van der Waals surface area (Å²) in [6, 6.07) is 5.69. The van der Waals surface area contributed by atoms with Gasteiger partial charge in [0, 0.05) is 30.1 Å². The van der Waals surface area contributed by atoms with E-state index in [1.54, 1.807) is 26.0 Å². The van der Waals surface area contributed by atoms with E-state index in [0.717, 1.165) is 29.1 Å². The van der Waals surface area contributed by atoms with Crippen molar-refractivity contribution in [3.8, 4) is 22.1 Å². The third-order valence-electron chi connectivity index (χ3n) is 4.91. The van der Waals surface area contributed by atoms with Crippen LogP contribution in [0, 0.1) is 0 Å². The molecule has 3 rings (SSSR count). The highest BCUT2D eigenvalue weighted by Gasteiger charge is 2.24. The number of likely N-dealkylation sites (tertiary alicyclic amines) is 1. The molecule has 0 aliphatic carbocycles. The Bertz CT molecular complexity index is 877. The lowest BCUT2D eigenvalue weighted by molar-refractivity contribution is -0.121. The molecule has 2 aromatic rings. The van der Waals surface area contributed by atoms with Crippen LogP contribution in [0.1, 0.15) is 25.5 Å². The molecule has 8 nitrogen and oxygen atoms in total. The molecule has 1 aliphatic rings. The number of aromatic nitrogens is 1. The van der Waals surface area contributed by atoms with Gasteiger partial charge in [-0.05, 0) is 38.0 Å². The van der Waals surface area contributed by atoms with Crippen LogP contribution in [-0.2, 0) is 16.0 Å². The van der Waals surface area contributed by atoms with Crippen LogP contribution in [0.15, 0.2) is 23.6 Å². The number of rotatable bonds is 7. The molecule has 1 fully saturated rings. The molecule has 2 heterocycles. The summed E-state index contributed by atoms with van der Waals surface area (Å²) in [5, 5.41) is 5.77. The average molecular weight is 434 g/mol. The van der Waals surface area contributed by atoms with Crippen molar-refractivity contribution in [1.82, 2.24) is 15.2 Å². The number of hydrogen-bond donors (Lipinski definition) is 1. The lowest BCUT2D eigenvalue weighted by atomic mass is 10.1. The third kappa shape index (κ3) is 5.41. The first kappa shape index (κ1) is 21.9. The molecule has 1 saturated heterocycles. The van der Waals surface area contributed by atoms with Gasteiger partial charge in [-0.15, -0.1) is 11.3 Å². The number of hydrogen-bond acceptors (Lipinski definition) is 7. The van der Waals surface area contributed by atoms with Gasteiger partial charge in [0.05, 0.1) is 32.9 Å². The molecule has 1 N–H and O–H groups in total. The molecular weight excluding hydrogens is 406 g/mol. The second kappa shape index (κ2) is 10.3. The van der Waals surface area contributed by atoms with E-state index in [4.69, 9.17) is 14.2 Å². The summed E-state index contributed by atoms with van der Waals surface area (Å²) in [6.07, 6.45) is 1.38. The minimum atomic E-state index is -0.285. The summed E-state index contributed by atoms with van der Waals surface area (Å²) < 4.78 is 15.6. The van der Waals surface area contributed by atoms with E-state index in [1.165, 1.54) is 11.3 Å². The van der Waals surface area contributed by atoms with Crippen molar-refractivity contribution in [3.63, 3.8) is 0 Å². The van der Waals surface area contributed by atoms with Crippen LogP contribution in [0.4, 0.5) is 4.79 Å². The van der Waals surface area contributed by atoms with Crippen molar-refractivity contribution in [2.75, 3.05) is 33.9 Å². The maximum atomic E-state index is 12.4. The predicted octanol–water partition coefficient (Wildman–Crippen LogP) is 3.11. The van der Waals surface area contributed by atoms with Crippen molar-refractivity contribution in [2.45, 2.75) is 32.2 Å². The van der Waals surface area contributed by atoms with Gasteiger partial charge in [-0.1, -0.05) is 0 Å². The number of ether oxygens (including phenoxy) is 3.